The molecule has 3 heteroatoms. The van der Waals surface area contributed by atoms with Crippen molar-refractivity contribution in [3.8, 4) is 0 Å². The maximum atomic E-state index is 11.4. The van der Waals surface area contributed by atoms with Crippen LogP contribution in [0.2, 0.25) is 0 Å². The van der Waals surface area contributed by atoms with Crippen molar-refractivity contribution in [2.24, 2.45) is 5.41 Å². The quantitative estimate of drug-likeness (QED) is 0.485. The van der Waals surface area contributed by atoms with E-state index >= 15 is 0 Å². The third-order valence-corrected chi connectivity index (χ3v) is 4.91. The highest BCUT2D eigenvalue weighted by Crippen LogP contribution is 2.40. The smallest absolute Gasteiger partial charge is 0.407 e. The molecule has 0 radical (unpaired) electrons. The number of alkyl carbamates (subject to hydrolysis) is 1. The number of rotatable bonds is 8. The largest absolute Gasteiger partial charge is 0.445 e. The van der Waals surface area contributed by atoms with Crippen molar-refractivity contribution in [1.82, 2.24) is 5.32 Å². The normalized spacial score (nSPS) is 18.4. The van der Waals surface area contributed by atoms with E-state index in [1.807, 2.05) is 32.1 Å². The average Bonchev–Trinajstić information content (AvgIpc) is 2.59. The fourth-order valence-corrected chi connectivity index (χ4v) is 3.23. The van der Waals surface area contributed by atoms with Crippen LogP contribution in [0, 0.1) is 5.41 Å². The molecule has 0 unspecified atom stereocenters. The Morgan fingerprint density at radius 1 is 1.22 bits per heavy atom. The van der Waals surface area contributed by atoms with Gasteiger partial charge in [-0.3, -0.25) is 0 Å². The van der Waals surface area contributed by atoms with Crippen LogP contribution in [0.25, 0.3) is 0 Å². The number of ether oxygens (including phenoxy) is 1. The van der Waals surface area contributed by atoms with E-state index in [0.717, 1.165) is 12.0 Å². The van der Waals surface area contributed by atoms with E-state index in [2.05, 4.69) is 51.2 Å². The van der Waals surface area contributed by atoms with Crippen molar-refractivity contribution < 1.29 is 9.53 Å². The van der Waals surface area contributed by atoms with Gasteiger partial charge in [-0.25, -0.2) is 4.79 Å². The molecule has 1 N–H and O–H groups in total. The molecule has 0 spiro atoms. The van der Waals surface area contributed by atoms with Gasteiger partial charge in [0.15, 0.2) is 0 Å². The first-order valence-corrected chi connectivity index (χ1v) is 10.1. The first-order chi connectivity index (χ1) is 12.8. The van der Waals surface area contributed by atoms with E-state index in [1.165, 1.54) is 36.0 Å². The van der Waals surface area contributed by atoms with Crippen LogP contribution in [-0.4, -0.2) is 19.2 Å². The number of carbonyl (C=O) groups excluding carboxylic acids is 1. The fourth-order valence-electron chi connectivity index (χ4n) is 3.23. The molecule has 0 heterocycles. The second-order valence-corrected chi connectivity index (χ2v) is 8.01. The summed E-state index contributed by atoms with van der Waals surface area (Å²) in [6.07, 6.45) is 16.9. The standard InChI is InChI=1S/C24H37NO2/c1-7-17-25-23(26)27-18-15-20(3)11-8-10-19(2)13-14-22-21(4)12-9-16-24(22,5)6/h8,10-11,13-15H,7,9,12,16-18H2,1-6H3,(H,25,26). The average molecular weight is 372 g/mol. The summed E-state index contributed by atoms with van der Waals surface area (Å²) in [7, 11) is 0. The molecule has 0 aromatic carbocycles. The Morgan fingerprint density at radius 2 is 1.96 bits per heavy atom. The van der Waals surface area contributed by atoms with Gasteiger partial charge in [-0.05, 0) is 63.5 Å². The van der Waals surface area contributed by atoms with Crippen molar-refractivity contribution in [3.63, 3.8) is 0 Å². The lowest BCUT2D eigenvalue weighted by Crippen LogP contribution is -2.24. The van der Waals surface area contributed by atoms with Gasteiger partial charge in [-0.1, -0.05) is 67.9 Å². The maximum Gasteiger partial charge on any atom is 0.407 e. The minimum Gasteiger partial charge on any atom is -0.445 e. The van der Waals surface area contributed by atoms with Crippen molar-refractivity contribution in [3.05, 3.63) is 58.7 Å². The summed E-state index contributed by atoms with van der Waals surface area (Å²) in [5.74, 6) is 0. The van der Waals surface area contributed by atoms with Gasteiger partial charge in [0.05, 0.1) is 0 Å². The predicted molar refractivity (Wildman–Crippen MR) is 116 cm³/mol. The fraction of sp³-hybridized carbons (Fsp3) is 0.542. The van der Waals surface area contributed by atoms with Gasteiger partial charge in [-0.15, -0.1) is 0 Å². The highest BCUT2D eigenvalue weighted by atomic mass is 16.5. The lowest BCUT2D eigenvalue weighted by atomic mass is 9.72. The molecule has 0 fully saturated rings. The van der Waals surface area contributed by atoms with Gasteiger partial charge >= 0.3 is 6.09 Å². The highest BCUT2D eigenvalue weighted by Gasteiger charge is 2.26. The number of amides is 1. The molecule has 1 aliphatic rings. The molecule has 0 aromatic heterocycles. The van der Waals surface area contributed by atoms with Gasteiger partial charge < -0.3 is 10.1 Å². The van der Waals surface area contributed by atoms with Crippen molar-refractivity contribution in [2.45, 2.75) is 67.2 Å². The third-order valence-electron chi connectivity index (χ3n) is 4.91. The van der Waals surface area contributed by atoms with Crippen molar-refractivity contribution in [2.75, 3.05) is 13.2 Å². The number of hydrogen-bond acceptors (Lipinski definition) is 2. The first kappa shape index (κ1) is 23.0. The molecule has 0 aromatic rings. The Labute approximate surface area is 166 Å². The molecular weight excluding hydrogens is 334 g/mol. The molecule has 0 aliphatic heterocycles. The Hall–Kier alpha value is -2.03. The molecule has 0 atom stereocenters. The van der Waals surface area contributed by atoms with Crippen LogP contribution in [0.4, 0.5) is 4.79 Å². The summed E-state index contributed by atoms with van der Waals surface area (Å²) in [6.45, 7) is 14.0. The Morgan fingerprint density at radius 3 is 2.63 bits per heavy atom. The Balaban J connectivity index is 2.55. The maximum absolute atomic E-state index is 11.4. The van der Waals surface area contributed by atoms with Gasteiger partial charge in [-0.2, -0.15) is 0 Å². The van der Waals surface area contributed by atoms with Crippen LogP contribution in [0.1, 0.15) is 67.2 Å². The zero-order valence-electron chi connectivity index (χ0n) is 18.0. The van der Waals surface area contributed by atoms with Crippen LogP contribution >= 0.6 is 0 Å². The minimum atomic E-state index is -0.360. The van der Waals surface area contributed by atoms with E-state index in [9.17, 15) is 4.79 Å². The molecule has 0 bridgehead atoms. The van der Waals surface area contributed by atoms with Gasteiger partial charge in [0.2, 0.25) is 0 Å². The van der Waals surface area contributed by atoms with Crippen LogP contribution in [0.3, 0.4) is 0 Å². The molecule has 0 saturated carbocycles. The summed E-state index contributed by atoms with van der Waals surface area (Å²) < 4.78 is 5.09. The zero-order chi connectivity index (χ0) is 20.3. The van der Waals surface area contributed by atoms with Gasteiger partial charge in [0.25, 0.3) is 0 Å². The lowest BCUT2D eigenvalue weighted by molar-refractivity contribution is 0.158. The van der Waals surface area contributed by atoms with Crippen LogP contribution in [0.5, 0.6) is 0 Å². The summed E-state index contributed by atoms with van der Waals surface area (Å²) in [6, 6.07) is 0. The van der Waals surface area contributed by atoms with Crippen LogP contribution < -0.4 is 5.32 Å². The second-order valence-electron chi connectivity index (χ2n) is 8.01. The second kappa shape index (κ2) is 11.6. The molecular formula is C24H37NO2. The molecule has 27 heavy (non-hydrogen) atoms. The highest BCUT2D eigenvalue weighted by molar-refractivity contribution is 5.67. The summed E-state index contributed by atoms with van der Waals surface area (Å²) in [4.78, 5) is 11.4. The topological polar surface area (TPSA) is 38.3 Å². The van der Waals surface area contributed by atoms with Crippen molar-refractivity contribution in [1.29, 1.82) is 0 Å². The van der Waals surface area contributed by atoms with E-state index in [0.29, 0.717) is 6.54 Å². The zero-order valence-corrected chi connectivity index (χ0v) is 18.0. The monoisotopic (exact) mass is 371 g/mol. The summed E-state index contributed by atoms with van der Waals surface area (Å²) in [5.41, 5.74) is 5.57. The van der Waals surface area contributed by atoms with Gasteiger partial charge in [0, 0.05) is 6.54 Å². The molecule has 1 rings (SSSR count). The first-order valence-electron chi connectivity index (χ1n) is 10.1. The Bertz CT molecular complexity index is 645. The van der Waals surface area contributed by atoms with Crippen molar-refractivity contribution >= 4 is 6.09 Å². The molecule has 0 saturated heterocycles. The molecule has 3 nitrogen and oxygen atoms in total. The number of hydrogen-bond donors (Lipinski definition) is 1. The molecule has 1 amide bonds. The lowest BCUT2D eigenvalue weighted by Gasteiger charge is -2.32. The SMILES string of the molecule is CCCNC(=O)OCC=C(C)C=CC=C(C)C=CC1=C(C)CCCC1(C)C. The Kier molecular flexibility index (Phi) is 9.92. The number of nitrogens with one attached hydrogen (secondary N) is 1. The molecule has 1 aliphatic carbocycles. The summed E-state index contributed by atoms with van der Waals surface area (Å²) >= 11 is 0. The van der Waals surface area contributed by atoms with E-state index in [-0.39, 0.29) is 18.1 Å². The van der Waals surface area contributed by atoms with Gasteiger partial charge in [0.1, 0.15) is 6.61 Å². The van der Waals surface area contributed by atoms with E-state index in [1.54, 1.807) is 0 Å². The minimum absolute atomic E-state index is 0.275. The summed E-state index contributed by atoms with van der Waals surface area (Å²) in [5, 5.41) is 2.68. The number of allylic oxidation sites excluding steroid dienone is 9. The number of carbonyl (C=O) groups is 1. The predicted octanol–water partition coefficient (Wildman–Crippen LogP) is 6.65. The van der Waals surface area contributed by atoms with Crippen LogP contribution in [-0.2, 0) is 4.74 Å². The van der Waals surface area contributed by atoms with Crippen LogP contribution in [0.15, 0.2) is 58.7 Å². The van der Waals surface area contributed by atoms with E-state index in [4.69, 9.17) is 4.74 Å². The third kappa shape index (κ3) is 8.94. The molecule has 150 valence electrons. The van der Waals surface area contributed by atoms with E-state index < -0.39 is 0 Å².